The molecule has 2 aromatic carbocycles. The molecule has 28 heavy (non-hydrogen) atoms. The molecule has 1 aromatic heterocycles. The van der Waals surface area contributed by atoms with Crippen LogP contribution in [-0.2, 0) is 0 Å². The van der Waals surface area contributed by atoms with Gasteiger partial charge in [-0.3, -0.25) is 10.1 Å². The summed E-state index contributed by atoms with van der Waals surface area (Å²) in [7, 11) is 1.23. The molecule has 1 heterocycles. The molecule has 3 rings (SSSR count). The molecule has 0 N–H and O–H groups in total. The lowest BCUT2D eigenvalue weighted by molar-refractivity contribution is -0.398. The minimum atomic E-state index is -0.837. The first-order valence-electron chi connectivity index (χ1n) is 7.80. The molecule has 0 saturated carbocycles. The zero-order valence-corrected chi connectivity index (χ0v) is 15.2. The van der Waals surface area contributed by atoms with E-state index in [0.717, 1.165) is 6.07 Å². The average molecular weight is 396 g/mol. The SMILES string of the molecule is COc1cc(/C=C(\C#N)c2nc(-c3ccc(F)cc3)cs2)cc([N+](=O)[O-])c1[O-]. The Morgan fingerprint density at radius 3 is 2.68 bits per heavy atom. The number of allylic oxidation sites excluding steroid dienone is 1. The third-order valence-electron chi connectivity index (χ3n) is 3.78. The number of nitro groups is 1. The summed E-state index contributed by atoms with van der Waals surface area (Å²) in [5.74, 6) is -1.39. The summed E-state index contributed by atoms with van der Waals surface area (Å²) in [6, 6.07) is 10.2. The molecule has 7 nitrogen and oxygen atoms in total. The van der Waals surface area contributed by atoms with Crippen molar-refractivity contribution in [3.8, 4) is 28.8 Å². The smallest absolute Gasteiger partial charge is 0.266 e. The molecule has 3 aromatic rings. The van der Waals surface area contributed by atoms with Crippen LogP contribution in [0.5, 0.6) is 11.5 Å². The van der Waals surface area contributed by atoms with E-state index < -0.39 is 16.4 Å². The van der Waals surface area contributed by atoms with Gasteiger partial charge in [-0.2, -0.15) is 5.26 Å². The summed E-state index contributed by atoms with van der Waals surface area (Å²) < 4.78 is 18.0. The molecule has 0 radical (unpaired) electrons. The van der Waals surface area contributed by atoms with Gasteiger partial charge >= 0.3 is 0 Å². The number of aromatic nitrogens is 1. The van der Waals surface area contributed by atoms with Crippen molar-refractivity contribution in [3.63, 3.8) is 0 Å². The largest absolute Gasteiger partial charge is 0.865 e. The van der Waals surface area contributed by atoms with Crippen molar-refractivity contribution >= 4 is 28.7 Å². The topological polar surface area (TPSA) is 112 Å². The van der Waals surface area contributed by atoms with Gasteiger partial charge in [0, 0.05) is 22.8 Å². The highest BCUT2D eigenvalue weighted by Gasteiger charge is 2.15. The second-order valence-electron chi connectivity index (χ2n) is 5.54. The van der Waals surface area contributed by atoms with Crippen molar-refractivity contribution in [2.75, 3.05) is 7.11 Å². The molecule has 140 valence electrons. The van der Waals surface area contributed by atoms with Gasteiger partial charge in [-0.05, 0) is 42.0 Å². The van der Waals surface area contributed by atoms with Crippen LogP contribution in [0, 0.1) is 27.3 Å². The predicted molar refractivity (Wildman–Crippen MR) is 100 cm³/mol. The minimum Gasteiger partial charge on any atom is -0.865 e. The molecule has 0 spiro atoms. The number of hydrogen-bond donors (Lipinski definition) is 0. The van der Waals surface area contributed by atoms with Crippen LogP contribution < -0.4 is 9.84 Å². The highest BCUT2D eigenvalue weighted by Crippen LogP contribution is 2.36. The Bertz CT molecular complexity index is 1120. The maximum absolute atomic E-state index is 13.1. The maximum Gasteiger partial charge on any atom is 0.266 e. The quantitative estimate of drug-likeness (QED) is 0.366. The normalized spacial score (nSPS) is 11.1. The van der Waals surface area contributed by atoms with Crippen LogP contribution in [0.3, 0.4) is 0 Å². The Kier molecular flexibility index (Phi) is 5.33. The lowest BCUT2D eigenvalue weighted by Crippen LogP contribution is -2.01. The van der Waals surface area contributed by atoms with Gasteiger partial charge in [0.2, 0.25) is 0 Å². The van der Waals surface area contributed by atoms with Gasteiger partial charge in [-0.1, -0.05) is 0 Å². The summed E-state index contributed by atoms with van der Waals surface area (Å²) in [5, 5.41) is 34.6. The van der Waals surface area contributed by atoms with Gasteiger partial charge in [0.05, 0.1) is 23.3 Å². The van der Waals surface area contributed by atoms with Gasteiger partial charge in [-0.15, -0.1) is 11.3 Å². The fraction of sp³-hybridized carbons (Fsp3) is 0.0526. The molecule has 0 aliphatic heterocycles. The van der Waals surface area contributed by atoms with E-state index >= 15 is 0 Å². The van der Waals surface area contributed by atoms with E-state index in [1.807, 2.05) is 6.07 Å². The second kappa shape index (κ2) is 7.85. The lowest BCUT2D eigenvalue weighted by atomic mass is 10.1. The standard InChI is InChI=1S/C19H12FN3O4S/c1-27-17-8-11(7-16(18(17)24)23(25)26)6-13(9-21)19-22-15(10-28-19)12-2-4-14(20)5-3-12/h2-8,10,24H,1H3/p-1/b13-6+. The zero-order chi connectivity index (χ0) is 20.3. The van der Waals surface area contributed by atoms with E-state index in [1.165, 1.54) is 42.7 Å². The third kappa shape index (κ3) is 3.82. The summed E-state index contributed by atoms with van der Waals surface area (Å²) >= 11 is 1.20. The number of halogens is 1. The van der Waals surface area contributed by atoms with Crippen LogP contribution in [0.1, 0.15) is 10.6 Å². The van der Waals surface area contributed by atoms with Gasteiger partial charge in [-0.25, -0.2) is 9.37 Å². The van der Waals surface area contributed by atoms with E-state index in [1.54, 1.807) is 17.5 Å². The van der Waals surface area contributed by atoms with Gasteiger partial charge in [0.25, 0.3) is 5.69 Å². The molecule has 0 amide bonds. The lowest BCUT2D eigenvalue weighted by Gasteiger charge is -2.13. The van der Waals surface area contributed by atoms with Crippen molar-refractivity contribution in [2.45, 2.75) is 0 Å². The van der Waals surface area contributed by atoms with Gasteiger partial charge in [0.1, 0.15) is 22.6 Å². The molecule has 0 saturated heterocycles. The Labute approximate surface area is 162 Å². The minimum absolute atomic E-state index is 0.161. The second-order valence-corrected chi connectivity index (χ2v) is 6.40. The first-order chi connectivity index (χ1) is 13.4. The summed E-state index contributed by atoms with van der Waals surface area (Å²) in [4.78, 5) is 14.7. The van der Waals surface area contributed by atoms with E-state index in [4.69, 9.17) is 4.74 Å². The van der Waals surface area contributed by atoms with E-state index in [9.17, 15) is 24.9 Å². The molecule has 0 aliphatic rings. The van der Waals surface area contributed by atoms with E-state index in [2.05, 4.69) is 4.98 Å². The van der Waals surface area contributed by atoms with Crippen molar-refractivity contribution in [3.05, 3.63) is 68.3 Å². The molecule has 9 heteroatoms. The zero-order valence-electron chi connectivity index (χ0n) is 14.4. The maximum atomic E-state index is 13.1. The van der Waals surface area contributed by atoms with Gasteiger partial charge in [0.15, 0.2) is 0 Å². The Morgan fingerprint density at radius 2 is 2.07 bits per heavy atom. The predicted octanol–water partition coefficient (Wildman–Crippen LogP) is 4.00. The number of nitrogens with zero attached hydrogens (tertiary/aromatic N) is 3. The van der Waals surface area contributed by atoms with Crippen molar-refractivity contribution in [1.82, 2.24) is 4.98 Å². The molecular weight excluding hydrogens is 385 g/mol. The number of hydrogen-bond acceptors (Lipinski definition) is 7. The van der Waals surface area contributed by atoms with Crippen LogP contribution in [-0.4, -0.2) is 17.0 Å². The van der Waals surface area contributed by atoms with Crippen LogP contribution in [0.4, 0.5) is 10.1 Å². The van der Waals surface area contributed by atoms with Crippen LogP contribution in [0.15, 0.2) is 41.8 Å². The Balaban J connectivity index is 2.02. The highest BCUT2D eigenvalue weighted by atomic mass is 32.1. The Hall–Kier alpha value is -3.77. The monoisotopic (exact) mass is 396 g/mol. The van der Waals surface area contributed by atoms with Crippen LogP contribution in [0.25, 0.3) is 22.9 Å². The van der Waals surface area contributed by atoms with Crippen LogP contribution in [0.2, 0.25) is 0 Å². The molecule has 0 bridgehead atoms. The first kappa shape index (κ1) is 19.0. The highest BCUT2D eigenvalue weighted by molar-refractivity contribution is 7.11. The summed E-state index contributed by atoms with van der Waals surface area (Å²) in [6.45, 7) is 0. The fourth-order valence-electron chi connectivity index (χ4n) is 2.44. The number of benzene rings is 2. The van der Waals surface area contributed by atoms with Crippen molar-refractivity contribution in [1.29, 1.82) is 5.26 Å². The summed E-state index contributed by atoms with van der Waals surface area (Å²) in [6.07, 6.45) is 1.39. The molecule has 0 unspecified atom stereocenters. The first-order valence-corrected chi connectivity index (χ1v) is 8.68. The Morgan fingerprint density at radius 1 is 1.36 bits per heavy atom. The number of rotatable bonds is 5. The number of nitriles is 1. The average Bonchev–Trinajstić information content (AvgIpc) is 3.17. The van der Waals surface area contributed by atoms with Gasteiger partial charge < -0.3 is 9.84 Å². The van der Waals surface area contributed by atoms with E-state index in [0.29, 0.717) is 16.3 Å². The third-order valence-corrected chi connectivity index (χ3v) is 4.66. The van der Waals surface area contributed by atoms with Crippen molar-refractivity contribution in [2.24, 2.45) is 0 Å². The number of nitro benzene ring substituents is 1. The number of methoxy groups -OCH3 is 1. The molecule has 0 atom stereocenters. The summed E-state index contributed by atoms with van der Waals surface area (Å²) in [5.41, 5.74) is 1.04. The molecular formula is C19H11FN3O4S-. The molecule has 0 fully saturated rings. The number of thiazole rings is 1. The fourth-order valence-corrected chi connectivity index (χ4v) is 3.23. The van der Waals surface area contributed by atoms with Crippen LogP contribution >= 0.6 is 11.3 Å². The number of ether oxygens (including phenoxy) is 1. The molecule has 0 aliphatic carbocycles. The van der Waals surface area contributed by atoms with E-state index in [-0.39, 0.29) is 22.7 Å². The van der Waals surface area contributed by atoms with Crippen molar-refractivity contribution < 1.29 is 19.2 Å².